The highest BCUT2D eigenvalue weighted by Gasteiger charge is 2.19. The molecule has 0 saturated carbocycles. The summed E-state index contributed by atoms with van der Waals surface area (Å²) in [7, 11) is 2.07. The van der Waals surface area contributed by atoms with Crippen LogP contribution >= 0.6 is 35.6 Å². The van der Waals surface area contributed by atoms with Crippen molar-refractivity contribution in [3.63, 3.8) is 0 Å². The molecule has 5 nitrogen and oxygen atoms in total. The Morgan fingerprint density at radius 3 is 2.76 bits per heavy atom. The highest BCUT2D eigenvalue weighted by Crippen LogP contribution is 2.17. The van der Waals surface area contributed by atoms with Gasteiger partial charge in [0, 0.05) is 37.7 Å². The first-order valence-electron chi connectivity index (χ1n) is 8.58. The fraction of sp³-hybridized carbons (Fsp3) is 0.611. The zero-order chi connectivity index (χ0) is 17.4. The van der Waals surface area contributed by atoms with Crippen LogP contribution in [-0.4, -0.2) is 56.9 Å². The van der Waals surface area contributed by atoms with Crippen LogP contribution in [0, 0.1) is 5.92 Å². The number of rotatable bonds is 7. The van der Waals surface area contributed by atoms with Crippen LogP contribution in [0.25, 0.3) is 0 Å². The van der Waals surface area contributed by atoms with Crippen molar-refractivity contribution in [1.29, 1.82) is 0 Å². The molecule has 0 radical (unpaired) electrons. The minimum absolute atomic E-state index is 0. The molecule has 0 spiro atoms. The van der Waals surface area contributed by atoms with Crippen LogP contribution in [-0.2, 0) is 4.74 Å². The van der Waals surface area contributed by atoms with Gasteiger partial charge in [0.25, 0.3) is 0 Å². The van der Waals surface area contributed by atoms with E-state index >= 15 is 0 Å². The van der Waals surface area contributed by atoms with E-state index in [1.54, 1.807) is 0 Å². The maximum absolute atomic E-state index is 5.89. The molecule has 1 aliphatic heterocycles. The third-order valence-electron chi connectivity index (χ3n) is 3.90. The molecule has 1 saturated heterocycles. The molecular weight excluding hydrogens is 453 g/mol. The summed E-state index contributed by atoms with van der Waals surface area (Å²) in [6.45, 7) is 8.21. The normalized spacial score (nSPS) is 18.4. The third kappa shape index (κ3) is 8.00. The van der Waals surface area contributed by atoms with Crippen molar-refractivity contribution in [2.24, 2.45) is 10.9 Å². The average molecular weight is 482 g/mol. The van der Waals surface area contributed by atoms with Crippen LogP contribution in [0.2, 0.25) is 5.02 Å². The zero-order valence-electron chi connectivity index (χ0n) is 15.2. The predicted octanol–water partition coefficient (Wildman–Crippen LogP) is 3.66. The van der Waals surface area contributed by atoms with Crippen LogP contribution in [0.3, 0.4) is 0 Å². The number of halogens is 2. The molecule has 2 atom stereocenters. The Labute approximate surface area is 173 Å². The summed E-state index contributed by atoms with van der Waals surface area (Å²) in [4.78, 5) is 6.89. The molecule has 0 aromatic heterocycles. The van der Waals surface area contributed by atoms with Crippen LogP contribution < -0.4 is 10.1 Å². The number of ether oxygens (including phenoxy) is 2. The van der Waals surface area contributed by atoms with Gasteiger partial charge in [0.1, 0.15) is 11.9 Å². The van der Waals surface area contributed by atoms with E-state index in [0.29, 0.717) is 17.5 Å². The fourth-order valence-electron chi connectivity index (χ4n) is 2.67. The lowest BCUT2D eigenvalue weighted by molar-refractivity contribution is 0.181. The molecule has 1 aliphatic rings. The lowest BCUT2D eigenvalue weighted by Crippen LogP contribution is -2.42. The van der Waals surface area contributed by atoms with E-state index in [0.717, 1.165) is 44.4 Å². The number of hydrogen-bond donors (Lipinski definition) is 1. The van der Waals surface area contributed by atoms with Crippen LogP contribution in [0.1, 0.15) is 20.3 Å². The van der Waals surface area contributed by atoms with Crippen LogP contribution in [0.5, 0.6) is 5.75 Å². The Bertz CT molecular complexity index is 522. The van der Waals surface area contributed by atoms with Gasteiger partial charge in [0.2, 0.25) is 0 Å². The lowest BCUT2D eigenvalue weighted by atomic mass is 10.1. The van der Waals surface area contributed by atoms with E-state index in [-0.39, 0.29) is 30.1 Å². The maximum Gasteiger partial charge on any atom is 0.193 e. The summed E-state index contributed by atoms with van der Waals surface area (Å²) < 4.78 is 11.3. The Morgan fingerprint density at radius 2 is 2.16 bits per heavy atom. The minimum Gasteiger partial charge on any atom is -0.489 e. The highest BCUT2D eigenvalue weighted by atomic mass is 127. The number of hydrogen-bond acceptors (Lipinski definition) is 3. The molecule has 0 amide bonds. The first-order chi connectivity index (χ1) is 11.6. The van der Waals surface area contributed by atoms with Crippen molar-refractivity contribution < 1.29 is 9.47 Å². The van der Waals surface area contributed by atoms with Crippen molar-refractivity contribution in [3.8, 4) is 5.75 Å². The second kappa shape index (κ2) is 11.8. The van der Waals surface area contributed by atoms with E-state index < -0.39 is 0 Å². The molecule has 7 heteroatoms. The van der Waals surface area contributed by atoms with Crippen molar-refractivity contribution in [3.05, 3.63) is 29.3 Å². The molecule has 2 unspecified atom stereocenters. The van der Waals surface area contributed by atoms with Gasteiger partial charge in [-0.15, -0.1) is 24.0 Å². The molecule has 0 bridgehead atoms. The summed E-state index contributed by atoms with van der Waals surface area (Å²) >= 11 is 5.89. The van der Waals surface area contributed by atoms with Crippen molar-refractivity contribution in [2.45, 2.75) is 26.4 Å². The van der Waals surface area contributed by atoms with Crippen molar-refractivity contribution >= 4 is 41.5 Å². The number of guanidine groups is 1. The first kappa shape index (κ1) is 22.3. The standard InChI is InChI=1S/C18H28ClN3O2.HI/c1-4-20-18(22(3)12-15-9-10-23-13-15)21-11-14(2)24-17-7-5-16(19)6-8-17;/h5-8,14-15H,4,9-13H2,1-3H3,(H,20,21);1H. The molecule has 1 aromatic rings. The molecular formula is C18H29ClIN3O2. The Kier molecular flexibility index (Phi) is 10.5. The highest BCUT2D eigenvalue weighted by molar-refractivity contribution is 14.0. The zero-order valence-corrected chi connectivity index (χ0v) is 18.3. The average Bonchev–Trinajstić information content (AvgIpc) is 3.06. The summed E-state index contributed by atoms with van der Waals surface area (Å²) in [6.07, 6.45) is 1.11. The Morgan fingerprint density at radius 1 is 1.44 bits per heavy atom. The van der Waals surface area contributed by atoms with Gasteiger partial charge >= 0.3 is 0 Å². The number of aliphatic imine (C=N–C) groups is 1. The fourth-order valence-corrected chi connectivity index (χ4v) is 2.79. The summed E-state index contributed by atoms with van der Waals surface area (Å²) in [5, 5.41) is 4.05. The Hall–Kier alpha value is -0.730. The van der Waals surface area contributed by atoms with E-state index in [2.05, 4.69) is 24.2 Å². The molecule has 1 heterocycles. The SMILES string of the molecule is CCNC(=NCC(C)Oc1ccc(Cl)cc1)N(C)CC1CCOC1.I. The molecule has 1 N–H and O–H groups in total. The van der Waals surface area contributed by atoms with Gasteiger partial charge in [0.15, 0.2) is 5.96 Å². The first-order valence-corrected chi connectivity index (χ1v) is 8.95. The van der Waals surface area contributed by atoms with E-state index in [1.165, 1.54) is 0 Å². The van der Waals surface area contributed by atoms with Gasteiger partial charge in [-0.3, -0.25) is 0 Å². The van der Waals surface area contributed by atoms with E-state index in [1.807, 2.05) is 31.2 Å². The summed E-state index contributed by atoms with van der Waals surface area (Å²) in [6, 6.07) is 7.41. The van der Waals surface area contributed by atoms with Crippen LogP contribution in [0.15, 0.2) is 29.3 Å². The monoisotopic (exact) mass is 481 g/mol. The number of nitrogens with zero attached hydrogens (tertiary/aromatic N) is 2. The van der Waals surface area contributed by atoms with Crippen molar-refractivity contribution in [2.75, 3.05) is 39.9 Å². The largest absolute Gasteiger partial charge is 0.489 e. The van der Waals surface area contributed by atoms with Gasteiger partial charge in [-0.05, 0) is 44.5 Å². The summed E-state index contributed by atoms with van der Waals surface area (Å²) in [5.74, 6) is 2.31. The predicted molar refractivity (Wildman–Crippen MR) is 114 cm³/mol. The van der Waals surface area contributed by atoms with E-state index in [9.17, 15) is 0 Å². The minimum atomic E-state index is -0.0111. The molecule has 142 valence electrons. The van der Waals surface area contributed by atoms with Gasteiger partial charge in [-0.1, -0.05) is 11.6 Å². The molecule has 2 rings (SSSR count). The molecule has 1 fully saturated rings. The topological polar surface area (TPSA) is 46.1 Å². The van der Waals surface area contributed by atoms with Gasteiger partial charge < -0.3 is 19.7 Å². The summed E-state index contributed by atoms with van der Waals surface area (Å²) in [5.41, 5.74) is 0. The number of benzene rings is 1. The van der Waals surface area contributed by atoms with Gasteiger partial charge in [-0.2, -0.15) is 0 Å². The maximum atomic E-state index is 5.89. The third-order valence-corrected chi connectivity index (χ3v) is 4.15. The molecule has 25 heavy (non-hydrogen) atoms. The quantitative estimate of drug-likeness (QED) is 0.367. The van der Waals surface area contributed by atoms with Gasteiger partial charge in [0.05, 0.1) is 13.2 Å². The van der Waals surface area contributed by atoms with Crippen molar-refractivity contribution in [1.82, 2.24) is 10.2 Å². The smallest absolute Gasteiger partial charge is 0.193 e. The molecule has 1 aromatic carbocycles. The second-order valence-corrected chi connectivity index (χ2v) is 6.62. The van der Waals surface area contributed by atoms with Gasteiger partial charge in [-0.25, -0.2) is 4.99 Å². The van der Waals surface area contributed by atoms with E-state index in [4.69, 9.17) is 26.1 Å². The number of nitrogens with one attached hydrogen (secondary N) is 1. The molecule has 0 aliphatic carbocycles. The lowest BCUT2D eigenvalue weighted by Gasteiger charge is -2.25. The second-order valence-electron chi connectivity index (χ2n) is 6.19. The van der Waals surface area contributed by atoms with Crippen LogP contribution in [0.4, 0.5) is 0 Å². The Balaban J connectivity index is 0.00000312.